The van der Waals surface area contributed by atoms with Gasteiger partial charge in [-0.2, -0.15) is 9.57 Å². The highest BCUT2D eigenvalue weighted by Crippen LogP contribution is 2.16. The van der Waals surface area contributed by atoms with Crippen LogP contribution in [0.1, 0.15) is 12.5 Å². The molecule has 0 aliphatic rings. The molecule has 0 saturated carbocycles. The highest BCUT2D eigenvalue weighted by molar-refractivity contribution is 7.89. The van der Waals surface area contributed by atoms with Crippen molar-refractivity contribution in [3.8, 4) is 6.07 Å². The zero-order valence-corrected chi connectivity index (χ0v) is 12.5. The van der Waals surface area contributed by atoms with Crippen molar-refractivity contribution in [3.05, 3.63) is 42.5 Å². The summed E-state index contributed by atoms with van der Waals surface area (Å²) in [5.74, 6) is -0.628. The fraction of sp³-hybridized carbons (Fsp3) is 0.286. The maximum absolute atomic E-state index is 12.4. The van der Waals surface area contributed by atoms with Gasteiger partial charge in [0.05, 0.1) is 23.1 Å². The van der Waals surface area contributed by atoms with Gasteiger partial charge in [-0.25, -0.2) is 8.42 Å². The van der Waals surface area contributed by atoms with E-state index in [-0.39, 0.29) is 24.6 Å². The van der Waals surface area contributed by atoms with E-state index in [9.17, 15) is 13.2 Å². The largest absolute Gasteiger partial charge is 0.465 e. The van der Waals surface area contributed by atoms with Gasteiger partial charge in [0.1, 0.15) is 6.54 Å². The molecule has 0 bridgehead atoms. The van der Waals surface area contributed by atoms with E-state index < -0.39 is 16.0 Å². The van der Waals surface area contributed by atoms with Gasteiger partial charge in [-0.05, 0) is 31.2 Å². The molecule has 0 aromatic heterocycles. The van der Waals surface area contributed by atoms with Crippen molar-refractivity contribution in [3.63, 3.8) is 0 Å². The van der Waals surface area contributed by atoms with E-state index in [0.717, 1.165) is 4.31 Å². The molecule has 112 valence electrons. The van der Waals surface area contributed by atoms with Crippen LogP contribution >= 0.6 is 0 Å². The highest BCUT2D eigenvalue weighted by Gasteiger charge is 2.26. The predicted octanol–water partition coefficient (Wildman–Crippen LogP) is 1.30. The average molecular weight is 308 g/mol. The lowest BCUT2D eigenvalue weighted by atomic mass is 10.2. The molecule has 0 heterocycles. The van der Waals surface area contributed by atoms with Gasteiger partial charge < -0.3 is 4.74 Å². The second-order valence-electron chi connectivity index (χ2n) is 4.03. The molecular formula is C14H16N2O4S. The molecule has 0 radical (unpaired) electrons. The van der Waals surface area contributed by atoms with Crippen LogP contribution in [0.5, 0.6) is 0 Å². The summed E-state index contributed by atoms with van der Waals surface area (Å²) in [7, 11) is -3.85. The van der Waals surface area contributed by atoms with Crippen molar-refractivity contribution < 1.29 is 17.9 Å². The Morgan fingerprint density at radius 2 is 2.05 bits per heavy atom. The summed E-state index contributed by atoms with van der Waals surface area (Å²) in [4.78, 5) is 11.5. The number of rotatable bonds is 7. The number of hydrogen-bond acceptors (Lipinski definition) is 5. The van der Waals surface area contributed by atoms with Gasteiger partial charge in [0.15, 0.2) is 0 Å². The predicted molar refractivity (Wildman–Crippen MR) is 76.7 cm³/mol. The van der Waals surface area contributed by atoms with E-state index in [4.69, 9.17) is 10.00 Å². The summed E-state index contributed by atoms with van der Waals surface area (Å²) in [5, 5.41) is 8.72. The molecule has 0 aliphatic heterocycles. The number of hydrogen-bond donors (Lipinski definition) is 0. The van der Waals surface area contributed by atoms with E-state index in [1.54, 1.807) is 6.92 Å². The summed E-state index contributed by atoms with van der Waals surface area (Å²) in [5.41, 5.74) is 0.356. The normalized spacial score (nSPS) is 10.9. The van der Waals surface area contributed by atoms with Crippen molar-refractivity contribution in [2.24, 2.45) is 0 Å². The minimum Gasteiger partial charge on any atom is -0.465 e. The quantitative estimate of drug-likeness (QED) is 0.559. The first-order valence-electron chi connectivity index (χ1n) is 6.22. The molecule has 7 heteroatoms. The number of sulfonamides is 1. The molecule has 0 unspecified atom stereocenters. The van der Waals surface area contributed by atoms with Crippen molar-refractivity contribution in [2.75, 3.05) is 19.7 Å². The van der Waals surface area contributed by atoms with Crippen molar-refractivity contribution in [1.82, 2.24) is 4.31 Å². The van der Waals surface area contributed by atoms with Crippen LogP contribution in [0.4, 0.5) is 0 Å². The molecule has 0 atom stereocenters. The lowest BCUT2D eigenvalue weighted by molar-refractivity contribution is -0.143. The smallest absolute Gasteiger partial charge is 0.321 e. The maximum Gasteiger partial charge on any atom is 0.321 e. The van der Waals surface area contributed by atoms with Gasteiger partial charge in [-0.15, -0.1) is 6.58 Å². The molecule has 1 aromatic rings. The first-order chi connectivity index (χ1) is 9.95. The first-order valence-corrected chi connectivity index (χ1v) is 7.66. The number of benzene rings is 1. The third kappa shape index (κ3) is 4.41. The average Bonchev–Trinajstić information content (AvgIpc) is 2.47. The standard InChI is InChI=1S/C14H16N2O4S/c1-3-9-16(11-14(17)20-4-2)21(18,19)13-7-5-12(10-15)6-8-13/h3,5-8H,1,4,9,11H2,2H3. The van der Waals surface area contributed by atoms with E-state index in [2.05, 4.69) is 6.58 Å². The number of esters is 1. The molecule has 6 nitrogen and oxygen atoms in total. The Labute approximate surface area is 124 Å². The summed E-state index contributed by atoms with van der Waals surface area (Å²) in [6.45, 7) is 4.91. The first kappa shape index (κ1) is 16.9. The Bertz CT molecular complexity index is 645. The van der Waals surface area contributed by atoms with Gasteiger partial charge in [0, 0.05) is 6.54 Å². The van der Waals surface area contributed by atoms with Crippen LogP contribution in [0.2, 0.25) is 0 Å². The van der Waals surface area contributed by atoms with Gasteiger partial charge in [0.2, 0.25) is 10.0 Å². The Balaban J connectivity index is 3.06. The van der Waals surface area contributed by atoms with E-state index in [1.165, 1.54) is 30.3 Å². The van der Waals surface area contributed by atoms with Crippen molar-refractivity contribution in [2.45, 2.75) is 11.8 Å². The molecule has 0 fully saturated rings. The zero-order valence-electron chi connectivity index (χ0n) is 11.7. The summed E-state index contributed by atoms with van der Waals surface area (Å²) < 4.78 is 30.6. The zero-order chi connectivity index (χ0) is 15.9. The van der Waals surface area contributed by atoms with Gasteiger partial charge in [0.25, 0.3) is 0 Å². The third-order valence-electron chi connectivity index (χ3n) is 2.56. The van der Waals surface area contributed by atoms with Crippen LogP contribution in [-0.2, 0) is 19.6 Å². The lowest BCUT2D eigenvalue weighted by Crippen LogP contribution is -2.36. The third-order valence-corrected chi connectivity index (χ3v) is 4.39. The highest BCUT2D eigenvalue weighted by atomic mass is 32.2. The van der Waals surface area contributed by atoms with Crippen LogP contribution < -0.4 is 0 Å². The second kappa shape index (κ2) is 7.57. The monoisotopic (exact) mass is 308 g/mol. The van der Waals surface area contributed by atoms with Crippen molar-refractivity contribution in [1.29, 1.82) is 5.26 Å². The molecule has 0 N–H and O–H groups in total. The number of nitriles is 1. The minimum absolute atomic E-state index is 0.00708. The molecule has 0 aliphatic carbocycles. The van der Waals surface area contributed by atoms with Crippen LogP contribution in [-0.4, -0.2) is 38.4 Å². The number of carbonyl (C=O) groups excluding carboxylic acids is 1. The topological polar surface area (TPSA) is 87.5 Å². The van der Waals surface area contributed by atoms with Crippen LogP contribution in [0.25, 0.3) is 0 Å². The number of nitrogens with zero attached hydrogens (tertiary/aromatic N) is 2. The van der Waals surface area contributed by atoms with Gasteiger partial charge in [-0.3, -0.25) is 4.79 Å². The Kier molecular flexibility index (Phi) is 6.09. The SMILES string of the molecule is C=CCN(CC(=O)OCC)S(=O)(=O)c1ccc(C#N)cc1. The molecule has 1 rings (SSSR count). The summed E-state index contributed by atoms with van der Waals surface area (Å²) in [6, 6.07) is 7.38. The Morgan fingerprint density at radius 1 is 1.43 bits per heavy atom. The fourth-order valence-corrected chi connectivity index (χ4v) is 2.95. The summed E-state index contributed by atoms with van der Waals surface area (Å²) >= 11 is 0. The number of carbonyl (C=O) groups is 1. The van der Waals surface area contributed by atoms with Crippen LogP contribution in [0.15, 0.2) is 41.8 Å². The molecule has 0 spiro atoms. The Hall–Kier alpha value is -2.17. The van der Waals surface area contributed by atoms with Crippen LogP contribution in [0, 0.1) is 11.3 Å². The molecule has 0 saturated heterocycles. The van der Waals surface area contributed by atoms with Crippen molar-refractivity contribution >= 4 is 16.0 Å². The van der Waals surface area contributed by atoms with Gasteiger partial charge >= 0.3 is 5.97 Å². The summed E-state index contributed by atoms with van der Waals surface area (Å²) in [6.07, 6.45) is 1.39. The number of ether oxygens (including phenoxy) is 1. The molecule has 1 aromatic carbocycles. The van der Waals surface area contributed by atoms with E-state index in [1.807, 2.05) is 6.07 Å². The second-order valence-corrected chi connectivity index (χ2v) is 5.97. The molecular weight excluding hydrogens is 292 g/mol. The van der Waals surface area contributed by atoms with Gasteiger partial charge in [-0.1, -0.05) is 6.08 Å². The van der Waals surface area contributed by atoms with Crippen LogP contribution in [0.3, 0.4) is 0 Å². The fourth-order valence-electron chi connectivity index (χ4n) is 1.59. The van der Waals surface area contributed by atoms with E-state index in [0.29, 0.717) is 5.56 Å². The maximum atomic E-state index is 12.4. The minimum atomic E-state index is -3.85. The molecule has 21 heavy (non-hydrogen) atoms. The molecule has 0 amide bonds. The van der Waals surface area contributed by atoms with E-state index >= 15 is 0 Å². The Morgan fingerprint density at radius 3 is 2.52 bits per heavy atom. The lowest BCUT2D eigenvalue weighted by Gasteiger charge is -2.19.